The van der Waals surface area contributed by atoms with E-state index in [-0.39, 0.29) is 11.8 Å². The second kappa shape index (κ2) is 26.5. The van der Waals surface area contributed by atoms with Crippen LogP contribution in [0.3, 0.4) is 0 Å². The van der Waals surface area contributed by atoms with Gasteiger partial charge in [0.1, 0.15) is 17.1 Å². The van der Waals surface area contributed by atoms with Crippen LogP contribution in [0, 0.1) is 13.8 Å². The molecule has 12 nitrogen and oxygen atoms in total. The Morgan fingerprint density at radius 2 is 1.09 bits per heavy atom. The van der Waals surface area contributed by atoms with Crippen LogP contribution in [-0.4, -0.2) is 57.9 Å². The number of ether oxygens (including phenoxy) is 3. The van der Waals surface area contributed by atoms with Crippen LogP contribution in [0.4, 0.5) is 11.4 Å². The second-order valence-corrected chi connectivity index (χ2v) is 18.3. The molecule has 0 saturated carbocycles. The summed E-state index contributed by atoms with van der Waals surface area (Å²) in [6.45, 7) is 18.7. The maximum Gasteiger partial charge on any atom is 0.334 e. The van der Waals surface area contributed by atoms with Crippen molar-refractivity contribution < 1.29 is 38.5 Å². The number of amidine groups is 2. The highest BCUT2D eigenvalue weighted by molar-refractivity contribution is 8.19. The Bertz CT molecular complexity index is 2650. The summed E-state index contributed by atoms with van der Waals surface area (Å²) in [6, 6.07) is 25.7. The number of hydrogen-bond acceptors (Lipinski definition) is 11. The van der Waals surface area contributed by atoms with Gasteiger partial charge in [-0.3, -0.25) is 29.4 Å². The monoisotopic (exact) mass is 998 g/mol. The van der Waals surface area contributed by atoms with Crippen LogP contribution in [0.1, 0.15) is 83.6 Å². The zero-order chi connectivity index (χ0) is 50.0. The smallest absolute Gasteiger partial charge is 0.334 e. The van der Waals surface area contributed by atoms with Gasteiger partial charge in [-0.2, -0.15) is 0 Å². The highest BCUT2D eigenvalue weighted by Gasteiger charge is 2.36. The first-order chi connectivity index (χ1) is 32.5. The Morgan fingerprint density at radius 3 is 1.46 bits per heavy atom. The lowest BCUT2D eigenvalue weighted by atomic mass is 10.1. The van der Waals surface area contributed by atoms with Crippen molar-refractivity contribution in [1.82, 2.24) is 0 Å². The second-order valence-electron chi connectivity index (χ2n) is 15.5. The van der Waals surface area contributed by atoms with E-state index in [0.717, 1.165) is 58.8 Å². The summed E-state index contributed by atoms with van der Waals surface area (Å²) in [5.74, 6) is -1.20. The van der Waals surface area contributed by atoms with Gasteiger partial charge in [-0.15, -0.1) is 0 Å². The Hall–Kier alpha value is -6.06. The van der Waals surface area contributed by atoms with Crippen LogP contribution in [0.15, 0.2) is 129 Å². The van der Waals surface area contributed by atoms with Crippen LogP contribution >= 0.6 is 46.7 Å². The zero-order valence-corrected chi connectivity index (χ0v) is 42.7. The van der Waals surface area contributed by atoms with Crippen LogP contribution in [0.5, 0.6) is 11.5 Å². The molecular weight excluding hydrogens is 944 g/mol. The molecule has 0 atom stereocenters. The Labute approximate surface area is 417 Å². The largest absolute Gasteiger partial charge is 0.478 e. The average molecular weight is 1000 g/mol. The molecule has 4 aromatic rings. The number of carbonyl (C=O) groups is 4. The van der Waals surface area contributed by atoms with Gasteiger partial charge in [0, 0.05) is 13.1 Å². The van der Waals surface area contributed by atoms with Crippen molar-refractivity contribution >= 4 is 104 Å². The first kappa shape index (κ1) is 54.5. The Balaban J connectivity index is 0.000000288. The number of aliphatic imine (C=N–C) groups is 2. The quantitative estimate of drug-likeness (QED) is 0.0735. The lowest BCUT2D eigenvalue weighted by Crippen LogP contribution is -2.29. The summed E-state index contributed by atoms with van der Waals surface area (Å²) >= 11 is 15.3. The van der Waals surface area contributed by atoms with Crippen molar-refractivity contribution in [1.29, 1.82) is 0 Å². The minimum absolute atomic E-state index is 0.129. The van der Waals surface area contributed by atoms with Gasteiger partial charge in [0.05, 0.1) is 55.9 Å². The predicted molar refractivity (Wildman–Crippen MR) is 281 cm³/mol. The van der Waals surface area contributed by atoms with Gasteiger partial charge in [0.15, 0.2) is 10.3 Å². The molecule has 0 bridgehead atoms. The Morgan fingerprint density at radius 1 is 0.676 bits per heavy atom. The van der Waals surface area contributed by atoms with E-state index in [1.807, 2.05) is 83.1 Å². The third-order valence-electron chi connectivity index (χ3n) is 8.99. The van der Waals surface area contributed by atoms with Crippen molar-refractivity contribution in [3.05, 3.63) is 152 Å². The normalized spacial score (nSPS) is 16.2. The highest BCUT2D eigenvalue weighted by atomic mass is 35.5. The number of hydrogen-bond donors (Lipinski definition) is 1. The van der Waals surface area contributed by atoms with E-state index in [4.69, 9.17) is 42.5 Å². The topological polar surface area (TPSA) is 147 Å². The molecule has 358 valence electrons. The number of nitrogens with zero attached hydrogens (tertiary/aromatic N) is 4. The fourth-order valence-corrected chi connectivity index (χ4v) is 8.46. The van der Waals surface area contributed by atoms with Crippen LogP contribution in [0.25, 0.3) is 12.2 Å². The molecule has 2 saturated heterocycles. The van der Waals surface area contributed by atoms with Crippen molar-refractivity contribution in [3.8, 4) is 11.5 Å². The highest BCUT2D eigenvalue weighted by Crippen LogP contribution is 2.40. The number of thioether (sulfide) groups is 2. The number of anilines is 2. The fourth-order valence-electron chi connectivity index (χ4n) is 6.00. The van der Waals surface area contributed by atoms with Crippen LogP contribution in [0.2, 0.25) is 10.0 Å². The number of esters is 1. The van der Waals surface area contributed by atoms with Gasteiger partial charge in [-0.05, 0) is 142 Å². The number of para-hydroxylation sites is 2. The number of halogens is 2. The number of carbonyl (C=O) groups excluding carboxylic acids is 3. The molecule has 0 aromatic heterocycles. The molecule has 16 heteroatoms. The summed E-state index contributed by atoms with van der Waals surface area (Å²) in [7, 11) is 0. The lowest BCUT2D eigenvalue weighted by Gasteiger charge is -2.18. The number of aryl methyl sites for hydroxylation is 2. The Kier molecular flexibility index (Phi) is 21.2. The molecule has 2 amide bonds. The van der Waals surface area contributed by atoms with E-state index in [1.165, 1.54) is 35.9 Å². The van der Waals surface area contributed by atoms with E-state index >= 15 is 0 Å². The van der Waals surface area contributed by atoms with E-state index in [9.17, 15) is 19.2 Å². The van der Waals surface area contributed by atoms with Gasteiger partial charge < -0.3 is 19.3 Å². The number of benzene rings is 4. The molecule has 6 rings (SSSR count). The molecule has 68 heavy (non-hydrogen) atoms. The number of aliphatic carboxylic acids is 1. The summed E-state index contributed by atoms with van der Waals surface area (Å²) in [5, 5.41) is 10.6. The maximum absolute atomic E-state index is 13.3. The molecule has 2 aliphatic heterocycles. The zero-order valence-electron chi connectivity index (χ0n) is 39.5. The molecular formula is C52H56Cl2N4O8S2. The van der Waals surface area contributed by atoms with Crippen molar-refractivity contribution in [2.75, 3.05) is 22.9 Å². The number of rotatable bonds is 14. The van der Waals surface area contributed by atoms with Crippen molar-refractivity contribution in [2.24, 2.45) is 9.98 Å². The molecule has 0 unspecified atom stereocenters. The van der Waals surface area contributed by atoms with Crippen LogP contribution < -0.4 is 19.3 Å². The molecule has 0 spiro atoms. The van der Waals surface area contributed by atoms with Gasteiger partial charge >= 0.3 is 11.9 Å². The summed E-state index contributed by atoms with van der Waals surface area (Å²) in [4.78, 5) is 62.5. The number of carboxylic acid groups (broad SMARTS) is 1. The van der Waals surface area contributed by atoms with Gasteiger partial charge in [-0.1, -0.05) is 99.4 Å². The lowest BCUT2D eigenvalue weighted by molar-refractivity contribution is -0.148. The average Bonchev–Trinajstić information content (AvgIpc) is 3.76. The molecule has 0 radical (unpaired) electrons. The molecule has 2 fully saturated rings. The first-order valence-corrected chi connectivity index (χ1v) is 24.3. The number of amides is 2. The SMILES string of the molecule is CC.CCCN=C1S/C(=C\c2ccc(O/C=C/C(=O)O)c(Cl)c2)C(=O)N1c1ccccc1C.CCCN=C1S/C(=C\c2ccc(O/C=C/C(=O)OC(C)(C)C)c(Cl)c2)C(=O)N1c1ccccc1C. The standard InChI is InChI=1S/C27H29ClN2O4S.C23H21ClN2O4S.C2H6/c1-6-14-29-26-30(21-10-8-7-9-18(21)2)25(32)23(35-26)17-19-11-12-22(20(28)16-19)33-15-13-24(31)34-27(3,4)5;1-3-11-25-23-26(18-7-5-4-6-15(18)2)22(29)20(31-23)14-16-8-9-19(17(24)13-16)30-12-10-21(27)28;1-2/h7-13,15-17H,6,14H2,1-5H3;4-10,12-14H,3,11H2,1-2H3,(H,27,28);1-2H3/b15-13+,23-17-,29-26?;12-10+,20-14-,25-23?;. The molecule has 2 heterocycles. The minimum Gasteiger partial charge on any atom is -0.478 e. The third-order valence-corrected chi connectivity index (χ3v) is 11.6. The van der Waals surface area contributed by atoms with Crippen LogP contribution in [-0.2, 0) is 23.9 Å². The van der Waals surface area contributed by atoms with Gasteiger partial charge in [0.25, 0.3) is 11.8 Å². The van der Waals surface area contributed by atoms with E-state index in [1.54, 1.807) is 79.1 Å². The molecule has 1 N–H and O–H groups in total. The molecule has 0 aliphatic carbocycles. The van der Waals surface area contributed by atoms with E-state index in [0.29, 0.717) is 54.8 Å². The van der Waals surface area contributed by atoms with E-state index < -0.39 is 17.5 Å². The minimum atomic E-state index is -1.12. The predicted octanol–water partition coefficient (Wildman–Crippen LogP) is 13.3. The number of carboxylic acids is 1. The third kappa shape index (κ3) is 15.8. The summed E-state index contributed by atoms with van der Waals surface area (Å²) in [6.07, 6.45) is 9.67. The summed E-state index contributed by atoms with van der Waals surface area (Å²) < 4.78 is 15.9. The van der Waals surface area contributed by atoms with Gasteiger partial charge in [-0.25, -0.2) is 9.59 Å². The fraction of sp³-hybridized carbons (Fsp3) is 0.269. The maximum atomic E-state index is 13.3. The van der Waals surface area contributed by atoms with Gasteiger partial charge in [0.2, 0.25) is 0 Å². The van der Waals surface area contributed by atoms with Crippen molar-refractivity contribution in [3.63, 3.8) is 0 Å². The first-order valence-electron chi connectivity index (χ1n) is 21.9. The van der Waals surface area contributed by atoms with Crippen molar-refractivity contribution in [2.45, 2.75) is 80.8 Å². The van der Waals surface area contributed by atoms with E-state index in [2.05, 4.69) is 16.9 Å². The summed E-state index contributed by atoms with van der Waals surface area (Å²) in [5.41, 5.74) is 4.50. The molecule has 4 aromatic carbocycles. The molecule has 2 aliphatic rings.